The van der Waals surface area contributed by atoms with Crippen molar-refractivity contribution in [2.45, 2.75) is 18.9 Å². The fourth-order valence-electron chi connectivity index (χ4n) is 3.25. The summed E-state index contributed by atoms with van der Waals surface area (Å²) in [5.41, 5.74) is 2.78. The number of amides is 1. The number of thioether (sulfide) groups is 1. The Morgan fingerprint density at radius 1 is 1.06 bits per heavy atom. The van der Waals surface area contributed by atoms with Crippen LogP contribution in [-0.2, 0) is 4.79 Å². The zero-order valence-electron chi connectivity index (χ0n) is 17.8. The lowest BCUT2D eigenvalue weighted by atomic mass is 10.1. The van der Waals surface area contributed by atoms with Crippen molar-refractivity contribution in [3.05, 3.63) is 60.2 Å². The summed E-state index contributed by atoms with van der Waals surface area (Å²) in [6, 6.07) is 15.6. The van der Waals surface area contributed by atoms with E-state index < -0.39 is 0 Å². The Labute approximate surface area is 195 Å². The van der Waals surface area contributed by atoms with E-state index >= 15 is 0 Å². The van der Waals surface area contributed by atoms with E-state index in [1.165, 1.54) is 11.8 Å². The molecule has 0 aliphatic carbocycles. The average Bonchev–Trinajstić information content (AvgIpc) is 3.25. The standard InChI is InChI=1S/C24H23N3O3S2/c1-3-29-17-10-11-20(30-4-2)19(12-17)27-21(28)14-32-24-22-18(16-8-6-5-7-9-16)13-31-23(22)25-15-26-24/h5-13,15H,3-4,14H2,1-2H3,(H,27,28). The van der Waals surface area contributed by atoms with Crippen LogP contribution in [0.2, 0.25) is 0 Å². The van der Waals surface area contributed by atoms with Gasteiger partial charge in [0.2, 0.25) is 5.91 Å². The van der Waals surface area contributed by atoms with Gasteiger partial charge in [-0.15, -0.1) is 11.3 Å². The number of benzene rings is 2. The highest BCUT2D eigenvalue weighted by molar-refractivity contribution is 8.00. The summed E-state index contributed by atoms with van der Waals surface area (Å²) in [7, 11) is 0. The van der Waals surface area contributed by atoms with Gasteiger partial charge in [-0.05, 0) is 31.5 Å². The maximum absolute atomic E-state index is 12.8. The van der Waals surface area contributed by atoms with Crippen LogP contribution in [0, 0.1) is 0 Å². The van der Waals surface area contributed by atoms with Gasteiger partial charge in [0.15, 0.2) is 0 Å². The van der Waals surface area contributed by atoms with Gasteiger partial charge in [0.1, 0.15) is 27.7 Å². The van der Waals surface area contributed by atoms with E-state index in [-0.39, 0.29) is 11.7 Å². The van der Waals surface area contributed by atoms with Gasteiger partial charge >= 0.3 is 0 Å². The molecular weight excluding hydrogens is 442 g/mol. The van der Waals surface area contributed by atoms with Crippen LogP contribution in [0.4, 0.5) is 5.69 Å². The molecule has 0 saturated carbocycles. The first-order valence-electron chi connectivity index (χ1n) is 10.3. The lowest BCUT2D eigenvalue weighted by Crippen LogP contribution is -2.15. The van der Waals surface area contributed by atoms with Crippen LogP contribution in [0.3, 0.4) is 0 Å². The molecule has 0 atom stereocenters. The monoisotopic (exact) mass is 465 g/mol. The molecule has 164 valence electrons. The summed E-state index contributed by atoms with van der Waals surface area (Å²) < 4.78 is 11.2. The number of thiophene rings is 1. The molecule has 4 rings (SSSR count). The molecule has 6 nitrogen and oxygen atoms in total. The highest BCUT2D eigenvalue weighted by Gasteiger charge is 2.16. The second-order valence-electron chi connectivity index (χ2n) is 6.74. The van der Waals surface area contributed by atoms with Gasteiger partial charge < -0.3 is 14.8 Å². The molecule has 2 aromatic carbocycles. The van der Waals surface area contributed by atoms with Crippen LogP contribution in [0.25, 0.3) is 21.3 Å². The molecule has 8 heteroatoms. The van der Waals surface area contributed by atoms with Gasteiger partial charge in [-0.2, -0.15) is 0 Å². The van der Waals surface area contributed by atoms with Crippen LogP contribution in [0.5, 0.6) is 11.5 Å². The molecule has 0 unspecified atom stereocenters. The van der Waals surface area contributed by atoms with Crippen LogP contribution in [-0.4, -0.2) is 34.8 Å². The summed E-state index contributed by atoms with van der Waals surface area (Å²) in [5.74, 6) is 1.36. The maximum atomic E-state index is 12.8. The molecule has 1 amide bonds. The van der Waals surface area contributed by atoms with Crippen LogP contribution < -0.4 is 14.8 Å². The van der Waals surface area contributed by atoms with Crippen molar-refractivity contribution in [3.63, 3.8) is 0 Å². The minimum atomic E-state index is -0.146. The van der Waals surface area contributed by atoms with E-state index in [4.69, 9.17) is 9.47 Å². The van der Waals surface area contributed by atoms with Crippen molar-refractivity contribution < 1.29 is 14.3 Å². The highest BCUT2D eigenvalue weighted by atomic mass is 32.2. The van der Waals surface area contributed by atoms with Crippen molar-refractivity contribution in [1.82, 2.24) is 9.97 Å². The second kappa shape index (κ2) is 10.5. The quantitative estimate of drug-likeness (QED) is 0.246. The van der Waals surface area contributed by atoms with Gasteiger partial charge in [-0.25, -0.2) is 9.97 Å². The van der Waals surface area contributed by atoms with E-state index in [9.17, 15) is 4.79 Å². The molecule has 0 spiro atoms. The van der Waals surface area contributed by atoms with Crippen molar-refractivity contribution in [1.29, 1.82) is 0 Å². The Balaban J connectivity index is 1.53. The maximum Gasteiger partial charge on any atom is 0.234 e. The summed E-state index contributed by atoms with van der Waals surface area (Å²) in [6.45, 7) is 4.88. The fourth-order valence-corrected chi connectivity index (χ4v) is 5.05. The summed E-state index contributed by atoms with van der Waals surface area (Å²) in [5, 5.41) is 6.81. The third-order valence-corrected chi connectivity index (χ3v) is 6.47. The molecule has 32 heavy (non-hydrogen) atoms. The van der Waals surface area contributed by atoms with Gasteiger partial charge in [0, 0.05) is 17.0 Å². The van der Waals surface area contributed by atoms with Crippen molar-refractivity contribution in [2.24, 2.45) is 0 Å². The summed E-state index contributed by atoms with van der Waals surface area (Å²) >= 11 is 2.97. The zero-order valence-corrected chi connectivity index (χ0v) is 19.5. The van der Waals surface area contributed by atoms with Crippen LogP contribution in [0.15, 0.2) is 65.3 Å². The van der Waals surface area contributed by atoms with E-state index in [1.807, 2.05) is 44.2 Å². The van der Waals surface area contributed by atoms with Gasteiger partial charge in [-0.1, -0.05) is 42.1 Å². The zero-order chi connectivity index (χ0) is 22.3. The average molecular weight is 466 g/mol. The smallest absolute Gasteiger partial charge is 0.234 e. The highest BCUT2D eigenvalue weighted by Crippen LogP contribution is 2.38. The Morgan fingerprint density at radius 2 is 1.88 bits per heavy atom. The minimum Gasteiger partial charge on any atom is -0.494 e. The first kappa shape index (κ1) is 22.1. The van der Waals surface area contributed by atoms with Crippen molar-refractivity contribution in [3.8, 4) is 22.6 Å². The molecule has 1 N–H and O–H groups in total. The molecule has 0 bridgehead atoms. The van der Waals surface area contributed by atoms with Gasteiger partial charge in [-0.3, -0.25) is 4.79 Å². The number of hydrogen-bond donors (Lipinski definition) is 1. The minimum absolute atomic E-state index is 0.146. The third kappa shape index (κ3) is 5.03. The number of aromatic nitrogens is 2. The summed E-state index contributed by atoms with van der Waals surface area (Å²) in [4.78, 5) is 22.5. The summed E-state index contributed by atoms with van der Waals surface area (Å²) in [6.07, 6.45) is 1.55. The number of nitrogens with one attached hydrogen (secondary N) is 1. The molecule has 2 heterocycles. The molecule has 0 fully saturated rings. The number of anilines is 1. The van der Waals surface area contributed by atoms with E-state index in [0.717, 1.165) is 26.4 Å². The largest absolute Gasteiger partial charge is 0.494 e. The number of carbonyl (C=O) groups is 1. The number of rotatable bonds is 9. The molecule has 0 radical (unpaired) electrons. The Kier molecular flexibility index (Phi) is 7.24. The molecule has 0 aliphatic rings. The Hall–Kier alpha value is -3.10. The lowest BCUT2D eigenvalue weighted by molar-refractivity contribution is -0.113. The van der Waals surface area contributed by atoms with Gasteiger partial charge in [0.25, 0.3) is 0 Å². The van der Waals surface area contributed by atoms with Gasteiger partial charge in [0.05, 0.1) is 30.0 Å². The molecular formula is C24H23N3O3S2. The van der Waals surface area contributed by atoms with E-state index in [0.29, 0.717) is 30.4 Å². The molecule has 2 aromatic heterocycles. The van der Waals surface area contributed by atoms with Crippen LogP contribution in [0.1, 0.15) is 13.8 Å². The first-order valence-corrected chi connectivity index (χ1v) is 12.2. The Morgan fingerprint density at radius 3 is 2.66 bits per heavy atom. The number of fused-ring (bicyclic) bond motifs is 1. The molecule has 4 aromatic rings. The van der Waals surface area contributed by atoms with E-state index in [2.05, 4.69) is 32.8 Å². The molecule has 0 saturated heterocycles. The number of ether oxygens (including phenoxy) is 2. The van der Waals surface area contributed by atoms with Crippen molar-refractivity contribution in [2.75, 3.05) is 24.3 Å². The topological polar surface area (TPSA) is 73.3 Å². The second-order valence-corrected chi connectivity index (χ2v) is 8.56. The predicted octanol–water partition coefficient (Wildman–Crippen LogP) is 5.89. The van der Waals surface area contributed by atoms with Crippen LogP contribution >= 0.6 is 23.1 Å². The van der Waals surface area contributed by atoms with E-state index in [1.54, 1.807) is 23.7 Å². The Bertz CT molecular complexity index is 1210. The SMILES string of the molecule is CCOc1ccc(OCC)c(NC(=O)CSc2ncnc3scc(-c4ccccc4)c23)c1. The normalized spacial score (nSPS) is 10.8. The fraction of sp³-hybridized carbons (Fsp3) is 0.208. The lowest BCUT2D eigenvalue weighted by Gasteiger charge is -2.13. The number of hydrogen-bond acceptors (Lipinski definition) is 7. The first-order chi connectivity index (χ1) is 15.7. The predicted molar refractivity (Wildman–Crippen MR) is 131 cm³/mol. The molecule has 0 aliphatic heterocycles. The third-order valence-electron chi connectivity index (χ3n) is 4.60. The van der Waals surface area contributed by atoms with Crippen molar-refractivity contribution >= 4 is 44.9 Å². The number of carbonyl (C=O) groups excluding carboxylic acids is 1. The number of nitrogens with zero attached hydrogens (tertiary/aromatic N) is 2.